The minimum atomic E-state index is -3.92. The van der Waals surface area contributed by atoms with Crippen molar-refractivity contribution in [1.29, 1.82) is 0 Å². The monoisotopic (exact) mass is 471 g/mol. The lowest BCUT2D eigenvalue weighted by atomic mass is 10.1. The number of sulfonamides is 1. The molecule has 0 spiro atoms. The standard InChI is InChI=1S/C23H22ClN3O4S/c1-15-10-11-19(25-16(2)28)14-22(15)26-23(29)17-6-4-9-21(12-17)32(30,31)27(3)20-8-5-7-18(24)13-20/h4-14H,1-3H3,(H,25,28)(H,26,29). The first-order valence-electron chi connectivity index (χ1n) is 9.62. The van der Waals surface area contributed by atoms with Crippen LogP contribution in [0.5, 0.6) is 0 Å². The number of rotatable bonds is 6. The molecule has 0 bridgehead atoms. The van der Waals surface area contributed by atoms with Gasteiger partial charge in [0.05, 0.1) is 10.6 Å². The lowest BCUT2D eigenvalue weighted by Crippen LogP contribution is -2.27. The van der Waals surface area contributed by atoms with E-state index in [1.807, 2.05) is 6.92 Å². The van der Waals surface area contributed by atoms with Crippen molar-refractivity contribution in [3.63, 3.8) is 0 Å². The maximum absolute atomic E-state index is 13.1. The Labute approximate surface area is 192 Å². The first-order valence-corrected chi connectivity index (χ1v) is 11.4. The fourth-order valence-corrected chi connectivity index (χ4v) is 4.42. The van der Waals surface area contributed by atoms with Crippen molar-refractivity contribution >= 4 is 50.5 Å². The molecule has 0 saturated carbocycles. The molecule has 9 heteroatoms. The quantitative estimate of drug-likeness (QED) is 0.545. The van der Waals surface area contributed by atoms with Crippen LogP contribution < -0.4 is 14.9 Å². The van der Waals surface area contributed by atoms with Gasteiger partial charge in [0.25, 0.3) is 15.9 Å². The fourth-order valence-electron chi connectivity index (χ4n) is 3.00. The Balaban J connectivity index is 1.87. The van der Waals surface area contributed by atoms with Crippen molar-refractivity contribution in [2.45, 2.75) is 18.7 Å². The van der Waals surface area contributed by atoms with Gasteiger partial charge in [0.1, 0.15) is 0 Å². The van der Waals surface area contributed by atoms with Crippen LogP contribution in [0.3, 0.4) is 0 Å². The van der Waals surface area contributed by atoms with Crippen LogP contribution in [0.4, 0.5) is 17.1 Å². The average Bonchev–Trinajstić information content (AvgIpc) is 2.75. The average molecular weight is 472 g/mol. The molecule has 3 aromatic rings. The Kier molecular flexibility index (Phi) is 6.86. The molecular weight excluding hydrogens is 450 g/mol. The largest absolute Gasteiger partial charge is 0.326 e. The molecule has 0 saturated heterocycles. The van der Waals surface area contributed by atoms with Gasteiger partial charge in [-0.25, -0.2) is 8.42 Å². The minimum absolute atomic E-state index is 0.0312. The van der Waals surface area contributed by atoms with Gasteiger partial charge in [-0.1, -0.05) is 29.8 Å². The van der Waals surface area contributed by atoms with Gasteiger partial charge in [-0.15, -0.1) is 0 Å². The molecule has 2 amide bonds. The Morgan fingerprint density at radius 1 is 0.938 bits per heavy atom. The number of nitrogens with one attached hydrogen (secondary N) is 2. The first-order chi connectivity index (χ1) is 15.1. The van der Waals surface area contributed by atoms with Gasteiger partial charge in [-0.05, 0) is 61.0 Å². The van der Waals surface area contributed by atoms with Gasteiger partial charge in [0.15, 0.2) is 0 Å². The van der Waals surface area contributed by atoms with E-state index in [0.717, 1.165) is 9.87 Å². The molecule has 0 aliphatic heterocycles. The fraction of sp³-hybridized carbons (Fsp3) is 0.130. The van der Waals surface area contributed by atoms with E-state index in [2.05, 4.69) is 10.6 Å². The van der Waals surface area contributed by atoms with Gasteiger partial charge in [0.2, 0.25) is 5.91 Å². The van der Waals surface area contributed by atoms with Gasteiger partial charge >= 0.3 is 0 Å². The lowest BCUT2D eigenvalue weighted by molar-refractivity contribution is -0.114. The number of nitrogens with zero attached hydrogens (tertiary/aromatic N) is 1. The third-order valence-electron chi connectivity index (χ3n) is 4.73. The Bertz CT molecular complexity index is 1290. The van der Waals surface area contributed by atoms with Crippen molar-refractivity contribution < 1.29 is 18.0 Å². The summed E-state index contributed by atoms with van der Waals surface area (Å²) in [5, 5.41) is 5.84. The smallest absolute Gasteiger partial charge is 0.264 e. The third kappa shape index (κ3) is 5.27. The van der Waals surface area contributed by atoms with Crippen molar-refractivity contribution in [3.05, 3.63) is 82.9 Å². The summed E-state index contributed by atoms with van der Waals surface area (Å²) in [5.41, 5.74) is 2.41. The molecule has 32 heavy (non-hydrogen) atoms. The van der Waals surface area contributed by atoms with Gasteiger partial charge in [0, 0.05) is 35.9 Å². The summed E-state index contributed by atoms with van der Waals surface area (Å²) in [4.78, 5) is 24.1. The second kappa shape index (κ2) is 9.42. The van der Waals surface area contributed by atoms with Gasteiger partial charge in [-0.3, -0.25) is 13.9 Å². The molecule has 0 aliphatic carbocycles. The van der Waals surface area contributed by atoms with E-state index in [-0.39, 0.29) is 16.4 Å². The number of benzene rings is 3. The molecule has 0 atom stereocenters. The topological polar surface area (TPSA) is 95.6 Å². The zero-order chi connectivity index (χ0) is 23.5. The van der Waals surface area contributed by atoms with Crippen molar-refractivity contribution in [2.24, 2.45) is 0 Å². The van der Waals surface area contributed by atoms with Crippen LogP contribution in [-0.4, -0.2) is 27.3 Å². The highest BCUT2D eigenvalue weighted by Gasteiger charge is 2.23. The second-order valence-electron chi connectivity index (χ2n) is 7.15. The molecule has 0 unspecified atom stereocenters. The number of hydrogen-bond donors (Lipinski definition) is 2. The number of halogens is 1. The molecule has 3 aromatic carbocycles. The summed E-state index contributed by atoms with van der Waals surface area (Å²) in [7, 11) is -2.50. The highest BCUT2D eigenvalue weighted by atomic mass is 35.5. The second-order valence-corrected chi connectivity index (χ2v) is 9.55. The Hall–Kier alpha value is -3.36. The first kappa shape index (κ1) is 23.3. The predicted molar refractivity (Wildman–Crippen MR) is 127 cm³/mol. The van der Waals surface area contributed by atoms with E-state index in [9.17, 15) is 18.0 Å². The lowest BCUT2D eigenvalue weighted by Gasteiger charge is -2.20. The van der Waals surface area contributed by atoms with E-state index >= 15 is 0 Å². The van der Waals surface area contributed by atoms with Crippen molar-refractivity contribution in [3.8, 4) is 0 Å². The molecule has 166 valence electrons. The molecule has 7 nitrogen and oxygen atoms in total. The highest BCUT2D eigenvalue weighted by Crippen LogP contribution is 2.26. The Morgan fingerprint density at radius 3 is 2.34 bits per heavy atom. The third-order valence-corrected chi connectivity index (χ3v) is 6.75. The van der Waals surface area contributed by atoms with Gasteiger partial charge in [-0.2, -0.15) is 0 Å². The van der Waals surface area contributed by atoms with Crippen molar-refractivity contribution in [1.82, 2.24) is 0 Å². The molecule has 0 fully saturated rings. The Morgan fingerprint density at radius 2 is 1.66 bits per heavy atom. The van der Waals surface area contributed by atoms with E-state index in [4.69, 9.17) is 11.6 Å². The van der Waals surface area contributed by atoms with E-state index in [1.54, 1.807) is 42.5 Å². The SMILES string of the molecule is CC(=O)Nc1ccc(C)c(NC(=O)c2cccc(S(=O)(=O)N(C)c3cccc(Cl)c3)c2)c1. The highest BCUT2D eigenvalue weighted by molar-refractivity contribution is 7.92. The molecule has 2 N–H and O–H groups in total. The van der Waals surface area contributed by atoms with Crippen molar-refractivity contribution in [2.75, 3.05) is 22.0 Å². The van der Waals surface area contributed by atoms with Crippen LogP contribution in [-0.2, 0) is 14.8 Å². The number of aryl methyl sites for hydroxylation is 1. The minimum Gasteiger partial charge on any atom is -0.326 e. The molecule has 0 radical (unpaired) electrons. The zero-order valence-corrected chi connectivity index (χ0v) is 19.3. The van der Waals surface area contributed by atoms with Crippen LogP contribution in [0.1, 0.15) is 22.8 Å². The summed E-state index contributed by atoms with van der Waals surface area (Å²) in [5.74, 6) is -0.705. The normalized spacial score (nSPS) is 11.0. The van der Waals surface area contributed by atoms with Crippen LogP contribution in [0.25, 0.3) is 0 Å². The summed E-state index contributed by atoms with van der Waals surface area (Å²) in [6, 6.07) is 17.4. The molecule has 0 aromatic heterocycles. The predicted octanol–water partition coefficient (Wildman–Crippen LogP) is 4.68. The number of hydrogen-bond acceptors (Lipinski definition) is 4. The van der Waals surface area contributed by atoms with Crippen LogP contribution in [0, 0.1) is 6.92 Å². The number of amides is 2. The maximum Gasteiger partial charge on any atom is 0.264 e. The summed E-state index contributed by atoms with van der Waals surface area (Å²) in [6.45, 7) is 3.21. The molecule has 0 aliphatic rings. The van der Waals surface area contributed by atoms with E-state index in [0.29, 0.717) is 22.1 Å². The van der Waals surface area contributed by atoms with Gasteiger partial charge < -0.3 is 10.6 Å². The summed E-state index contributed by atoms with van der Waals surface area (Å²) in [6.07, 6.45) is 0. The van der Waals surface area contributed by atoms with Crippen LogP contribution >= 0.6 is 11.6 Å². The van der Waals surface area contributed by atoms with E-state index in [1.165, 1.54) is 38.2 Å². The number of carbonyl (C=O) groups is 2. The zero-order valence-electron chi connectivity index (χ0n) is 17.7. The molecule has 0 heterocycles. The molecule has 3 rings (SSSR count). The summed E-state index contributed by atoms with van der Waals surface area (Å²) < 4.78 is 27.3. The maximum atomic E-state index is 13.1. The van der Waals surface area contributed by atoms with E-state index < -0.39 is 15.9 Å². The number of carbonyl (C=O) groups excluding carboxylic acids is 2. The number of anilines is 3. The van der Waals surface area contributed by atoms with Crippen LogP contribution in [0.2, 0.25) is 5.02 Å². The van der Waals surface area contributed by atoms with Crippen LogP contribution in [0.15, 0.2) is 71.6 Å². The molecular formula is C23H22ClN3O4S. The summed E-state index contributed by atoms with van der Waals surface area (Å²) >= 11 is 5.98.